The number of nitrogens with one attached hydrogen (secondary N) is 1. The summed E-state index contributed by atoms with van der Waals surface area (Å²) < 4.78 is 1.70. The Morgan fingerprint density at radius 2 is 1.83 bits per heavy atom. The number of pyridine rings is 1. The van der Waals surface area contributed by atoms with Gasteiger partial charge in [0.15, 0.2) is 5.82 Å². The monoisotopic (exact) mass is 384 g/mol. The van der Waals surface area contributed by atoms with Gasteiger partial charge in [0.1, 0.15) is 0 Å². The van der Waals surface area contributed by atoms with E-state index in [-0.39, 0.29) is 5.91 Å². The van der Waals surface area contributed by atoms with Gasteiger partial charge in [-0.1, -0.05) is 43.7 Å². The molecule has 0 fully saturated rings. The second kappa shape index (κ2) is 8.27. The third-order valence-corrected chi connectivity index (χ3v) is 5.09. The first kappa shape index (κ1) is 18.9. The number of nitrogens with zero attached hydrogens (tertiary/aromatic N) is 3. The Labute approximate surface area is 170 Å². The zero-order valence-electron chi connectivity index (χ0n) is 16.7. The Morgan fingerprint density at radius 1 is 1.03 bits per heavy atom. The van der Waals surface area contributed by atoms with Crippen LogP contribution in [0.25, 0.3) is 16.7 Å². The molecule has 4 aromatic rings. The van der Waals surface area contributed by atoms with Crippen molar-refractivity contribution in [3.05, 3.63) is 83.7 Å². The fraction of sp³-hybridized carbons (Fsp3) is 0.208. The molecule has 0 radical (unpaired) electrons. The van der Waals surface area contributed by atoms with Gasteiger partial charge in [-0.05, 0) is 55.7 Å². The lowest BCUT2D eigenvalue weighted by Gasteiger charge is -2.08. The average molecular weight is 384 g/mol. The third-order valence-electron chi connectivity index (χ3n) is 5.09. The van der Waals surface area contributed by atoms with Gasteiger partial charge in [0.05, 0.1) is 23.0 Å². The SMILES string of the molecule is CCCCc1ccc(NC(=O)c2cnn(-c3ccc4ccccc4n3)c2C)cc1. The average Bonchev–Trinajstić information content (AvgIpc) is 3.14. The number of hydrogen-bond acceptors (Lipinski definition) is 3. The van der Waals surface area contributed by atoms with Gasteiger partial charge in [0.25, 0.3) is 5.91 Å². The molecule has 4 rings (SSSR count). The van der Waals surface area contributed by atoms with Crippen LogP contribution in [0.1, 0.15) is 41.4 Å². The van der Waals surface area contributed by atoms with E-state index < -0.39 is 0 Å². The predicted molar refractivity (Wildman–Crippen MR) is 117 cm³/mol. The number of carbonyl (C=O) groups is 1. The Kier molecular flexibility index (Phi) is 5.38. The molecule has 0 aliphatic rings. The van der Waals surface area contributed by atoms with Crippen molar-refractivity contribution in [1.29, 1.82) is 0 Å². The molecule has 0 atom stereocenters. The summed E-state index contributed by atoms with van der Waals surface area (Å²) in [5.74, 6) is 0.524. The molecule has 29 heavy (non-hydrogen) atoms. The van der Waals surface area contributed by atoms with Crippen LogP contribution in [-0.4, -0.2) is 20.7 Å². The van der Waals surface area contributed by atoms with E-state index in [1.165, 1.54) is 18.4 Å². The lowest BCUT2D eigenvalue weighted by atomic mass is 10.1. The summed E-state index contributed by atoms with van der Waals surface area (Å²) in [5.41, 5.74) is 4.26. The molecule has 5 nitrogen and oxygen atoms in total. The number of amides is 1. The molecule has 0 saturated carbocycles. The summed E-state index contributed by atoms with van der Waals surface area (Å²) in [7, 11) is 0. The van der Waals surface area contributed by atoms with Crippen LogP contribution in [0.2, 0.25) is 0 Å². The number of unbranched alkanes of at least 4 members (excludes halogenated alkanes) is 1. The highest BCUT2D eigenvalue weighted by Gasteiger charge is 2.16. The van der Waals surface area contributed by atoms with Crippen LogP contribution in [0, 0.1) is 6.92 Å². The van der Waals surface area contributed by atoms with Crippen LogP contribution in [0.4, 0.5) is 5.69 Å². The molecule has 0 saturated heterocycles. The first-order valence-electron chi connectivity index (χ1n) is 9.97. The molecule has 0 spiro atoms. The highest BCUT2D eigenvalue weighted by atomic mass is 16.1. The van der Waals surface area contributed by atoms with Gasteiger partial charge in [-0.3, -0.25) is 4.79 Å². The zero-order valence-corrected chi connectivity index (χ0v) is 16.7. The topological polar surface area (TPSA) is 59.8 Å². The van der Waals surface area contributed by atoms with E-state index in [0.29, 0.717) is 11.4 Å². The minimum absolute atomic E-state index is 0.171. The Morgan fingerprint density at radius 3 is 2.62 bits per heavy atom. The van der Waals surface area contributed by atoms with Gasteiger partial charge in [0, 0.05) is 11.1 Å². The van der Waals surface area contributed by atoms with Gasteiger partial charge in [-0.2, -0.15) is 5.10 Å². The molecular weight excluding hydrogens is 360 g/mol. The fourth-order valence-corrected chi connectivity index (χ4v) is 3.37. The maximum atomic E-state index is 12.8. The highest BCUT2D eigenvalue weighted by molar-refractivity contribution is 6.05. The summed E-state index contributed by atoms with van der Waals surface area (Å²) in [6.45, 7) is 4.07. The van der Waals surface area contributed by atoms with Gasteiger partial charge < -0.3 is 5.32 Å². The van der Waals surface area contributed by atoms with Crippen LogP contribution < -0.4 is 5.32 Å². The van der Waals surface area contributed by atoms with Crippen molar-refractivity contribution >= 4 is 22.5 Å². The largest absolute Gasteiger partial charge is 0.322 e. The number of benzene rings is 2. The Balaban J connectivity index is 1.53. The van der Waals surface area contributed by atoms with Gasteiger partial charge >= 0.3 is 0 Å². The number of anilines is 1. The molecule has 0 aliphatic carbocycles. The van der Waals surface area contributed by atoms with E-state index in [1.807, 2.05) is 55.5 Å². The van der Waals surface area contributed by atoms with Crippen LogP contribution in [-0.2, 0) is 6.42 Å². The number of carbonyl (C=O) groups excluding carboxylic acids is 1. The third kappa shape index (κ3) is 4.04. The zero-order chi connectivity index (χ0) is 20.2. The Hall–Kier alpha value is -3.47. The highest BCUT2D eigenvalue weighted by Crippen LogP contribution is 2.19. The quantitative estimate of drug-likeness (QED) is 0.489. The predicted octanol–water partition coefficient (Wildman–Crippen LogP) is 5.32. The lowest BCUT2D eigenvalue weighted by Crippen LogP contribution is -2.13. The first-order valence-corrected chi connectivity index (χ1v) is 9.97. The number of fused-ring (bicyclic) bond motifs is 1. The maximum absolute atomic E-state index is 12.8. The van der Waals surface area contributed by atoms with Crippen LogP contribution >= 0.6 is 0 Å². The van der Waals surface area contributed by atoms with E-state index in [2.05, 4.69) is 34.5 Å². The van der Waals surface area contributed by atoms with Crippen molar-refractivity contribution < 1.29 is 4.79 Å². The van der Waals surface area contributed by atoms with Gasteiger partial charge in [0.2, 0.25) is 0 Å². The van der Waals surface area contributed by atoms with Crippen molar-refractivity contribution in [2.45, 2.75) is 33.1 Å². The van der Waals surface area contributed by atoms with Crippen LogP contribution in [0.5, 0.6) is 0 Å². The van der Waals surface area contributed by atoms with E-state index in [0.717, 1.165) is 28.7 Å². The molecule has 1 N–H and O–H groups in total. The number of hydrogen-bond donors (Lipinski definition) is 1. The Bertz CT molecular complexity index is 1150. The summed E-state index contributed by atoms with van der Waals surface area (Å²) in [5, 5.41) is 8.43. The summed E-state index contributed by atoms with van der Waals surface area (Å²) in [4.78, 5) is 17.4. The molecule has 0 bridgehead atoms. The van der Waals surface area contributed by atoms with Crippen LogP contribution in [0.3, 0.4) is 0 Å². The number of rotatable bonds is 6. The fourth-order valence-electron chi connectivity index (χ4n) is 3.37. The minimum Gasteiger partial charge on any atom is -0.322 e. The summed E-state index contributed by atoms with van der Waals surface area (Å²) in [6, 6.07) is 19.9. The van der Waals surface area contributed by atoms with E-state index in [9.17, 15) is 4.79 Å². The second-order valence-electron chi connectivity index (χ2n) is 7.17. The summed E-state index contributed by atoms with van der Waals surface area (Å²) in [6.07, 6.45) is 5.01. The van der Waals surface area contributed by atoms with Crippen molar-refractivity contribution in [3.8, 4) is 5.82 Å². The molecule has 2 heterocycles. The minimum atomic E-state index is -0.171. The van der Waals surface area contributed by atoms with Crippen LogP contribution in [0.15, 0.2) is 66.9 Å². The molecule has 2 aromatic carbocycles. The number of aryl methyl sites for hydroxylation is 1. The molecule has 1 amide bonds. The second-order valence-corrected chi connectivity index (χ2v) is 7.17. The van der Waals surface area contributed by atoms with Crippen molar-refractivity contribution in [2.75, 3.05) is 5.32 Å². The standard InChI is InChI=1S/C24H24N4O/c1-3-4-7-18-10-13-20(14-11-18)26-24(29)21-16-25-28(17(21)2)23-15-12-19-8-5-6-9-22(19)27-23/h5-6,8-16H,3-4,7H2,1-2H3,(H,26,29). The molecule has 5 heteroatoms. The first-order chi connectivity index (χ1) is 14.2. The maximum Gasteiger partial charge on any atom is 0.259 e. The van der Waals surface area contributed by atoms with E-state index in [4.69, 9.17) is 0 Å². The molecule has 146 valence electrons. The lowest BCUT2D eigenvalue weighted by molar-refractivity contribution is 0.102. The van der Waals surface area contributed by atoms with Gasteiger partial charge in [-0.25, -0.2) is 9.67 Å². The number of para-hydroxylation sites is 1. The van der Waals surface area contributed by atoms with Crippen molar-refractivity contribution in [3.63, 3.8) is 0 Å². The normalized spacial score (nSPS) is 11.0. The molecule has 0 unspecified atom stereocenters. The van der Waals surface area contributed by atoms with Crippen molar-refractivity contribution in [1.82, 2.24) is 14.8 Å². The smallest absolute Gasteiger partial charge is 0.259 e. The molecular formula is C24H24N4O. The summed E-state index contributed by atoms with van der Waals surface area (Å²) >= 11 is 0. The van der Waals surface area contributed by atoms with Gasteiger partial charge in [-0.15, -0.1) is 0 Å². The van der Waals surface area contributed by atoms with E-state index in [1.54, 1.807) is 10.9 Å². The van der Waals surface area contributed by atoms with Crippen molar-refractivity contribution in [2.24, 2.45) is 0 Å². The molecule has 2 aromatic heterocycles. The van der Waals surface area contributed by atoms with E-state index >= 15 is 0 Å². The molecule has 0 aliphatic heterocycles. The number of aromatic nitrogens is 3.